The number of allylic oxidation sites excluding steroid dienone is 7. The first-order valence-electron chi connectivity index (χ1n) is 21.2. The quantitative estimate of drug-likeness (QED) is 0.0207. The molecule has 0 saturated heterocycles. The number of phosphoric ester groups is 1. The molecule has 6 atom stereocenters. The first-order valence-corrected chi connectivity index (χ1v) is 22.7. The number of ketones is 1. The van der Waals surface area contributed by atoms with Gasteiger partial charge in [-0.3, -0.25) is 23.4 Å². The number of aliphatic hydroxyl groups is 2. The van der Waals surface area contributed by atoms with Crippen molar-refractivity contribution >= 4 is 25.5 Å². The Morgan fingerprint density at radius 3 is 2.11 bits per heavy atom. The minimum absolute atomic E-state index is 0.000443. The molecule has 0 spiro atoms. The smallest absolute Gasteiger partial charge is 0.462 e. The van der Waals surface area contributed by atoms with Crippen LogP contribution in [0.3, 0.4) is 0 Å². The number of carbonyl (C=O) groups is 3. The number of nitrogens with two attached hydrogens (primary N) is 1. The largest absolute Gasteiger partial charge is 0.472 e. The van der Waals surface area contributed by atoms with Gasteiger partial charge in [-0.25, -0.2) is 4.57 Å². The monoisotopic (exact) mass is 811 g/mol. The minimum atomic E-state index is -4.45. The summed E-state index contributed by atoms with van der Waals surface area (Å²) in [5.74, 6) is -1.61. The second-order valence-electron chi connectivity index (χ2n) is 14.6. The van der Waals surface area contributed by atoms with E-state index in [1.807, 2.05) is 0 Å². The number of hydrogen-bond acceptors (Lipinski definition) is 11. The molecule has 0 aromatic carbocycles. The van der Waals surface area contributed by atoms with Gasteiger partial charge in [0.25, 0.3) is 0 Å². The van der Waals surface area contributed by atoms with Gasteiger partial charge < -0.3 is 30.3 Å². The van der Waals surface area contributed by atoms with Crippen molar-refractivity contribution in [3.8, 4) is 0 Å². The Morgan fingerprint density at radius 1 is 0.821 bits per heavy atom. The maximum atomic E-state index is 12.6. The molecule has 0 amide bonds. The fourth-order valence-corrected chi connectivity index (χ4v) is 7.13. The number of phosphoric acid groups is 1. The molecule has 56 heavy (non-hydrogen) atoms. The highest BCUT2D eigenvalue weighted by atomic mass is 31.2. The van der Waals surface area contributed by atoms with E-state index in [0.717, 1.165) is 70.6 Å². The van der Waals surface area contributed by atoms with E-state index in [-0.39, 0.29) is 50.7 Å². The lowest BCUT2D eigenvalue weighted by atomic mass is 9.88. The van der Waals surface area contributed by atoms with Gasteiger partial charge in [-0.15, -0.1) is 0 Å². The van der Waals surface area contributed by atoms with Gasteiger partial charge >= 0.3 is 19.8 Å². The fraction of sp³-hybridized carbons (Fsp3) is 0.744. The minimum Gasteiger partial charge on any atom is -0.462 e. The van der Waals surface area contributed by atoms with Crippen LogP contribution in [0.2, 0.25) is 0 Å². The highest BCUT2D eigenvalue weighted by molar-refractivity contribution is 7.47. The van der Waals surface area contributed by atoms with Crippen molar-refractivity contribution in [3.63, 3.8) is 0 Å². The molecule has 1 rings (SSSR count). The standard InChI is InChI=1S/C43H74NO11P/c1-3-5-7-8-9-10-11-12-13-14-15-16-17-18-24-28-43(49)55-37(35-54-56(50,51)53-32-31-44)34-52-42(48)27-23-20-19-22-26-38-39(41(47)33-40(38)46)30-29-36(45)25-21-6-4-2/h9-10,12-13,15-16,29-30,36-40,45-46H,3-8,11,14,17-28,31-35,44H2,1-2H3,(H,50,51)/b10-9-,13-12-,16-15-,30-29+/t36-,37+,38+,39+,40-/m0/s1. The molecule has 0 aromatic heterocycles. The Kier molecular flexibility index (Phi) is 30.9. The highest BCUT2D eigenvalue weighted by Gasteiger charge is 2.39. The lowest BCUT2D eigenvalue weighted by Gasteiger charge is -2.20. The molecule has 1 aliphatic carbocycles. The summed E-state index contributed by atoms with van der Waals surface area (Å²) < 4.78 is 32.7. The molecular weight excluding hydrogens is 737 g/mol. The van der Waals surface area contributed by atoms with E-state index in [4.69, 9.17) is 24.3 Å². The zero-order chi connectivity index (χ0) is 41.3. The molecule has 0 aliphatic heterocycles. The molecule has 13 heteroatoms. The Labute approximate surface area is 337 Å². The van der Waals surface area contributed by atoms with Crippen molar-refractivity contribution in [2.24, 2.45) is 17.6 Å². The van der Waals surface area contributed by atoms with Crippen molar-refractivity contribution in [2.75, 3.05) is 26.4 Å². The maximum Gasteiger partial charge on any atom is 0.472 e. The first-order chi connectivity index (χ1) is 27.0. The topological polar surface area (TPSA) is 192 Å². The van der Waals surface area contributed by atoms with E-state index >= 15 is 0 Å². The van der Waals surface area contributed by atoms with Crippen LogP contribution in [0.5, 0.6) is 0 Å². The Hall–Kier alpha value is -2.44. The summed E-state index contributed by atoms with van der Waals surface area (Å²) in [7, 11) is -4.45. The molecule has 1 aliphatic rings. The predicted molar refractivity (Wildman–Crippen MR) is 220 cm³/mol. The summed E-state index contributed by atoms with van der Waals surface area (Å²) >= 11 is 0. The third kappa shape index (κ3) is 27.2. The summed E-state index contributed by atoms with van der Waals surface area (Å²) in [6.45, 7) is 3.27. The van der Waals surface area contributed by atoms with E-state index in [9.17, 15) is 34.1 Å². The summed E-state index contributed by atoms with van der Waals surface area (Å²) in [5.41, 5.74) is 5.33. The van der Waals surface area contributed by atoms with Crippen LogP contribution in [0.25, 0.3) is 0 Å². The number of esters is 2. The zero-order valence-corrected chi connectivity index (χ0v) is 35.2. The van der Waals surface area contributed by atoms with Crippen molar-refractivity contribution in [1.82, 2.24) is 0 Å². The number of carbonyl (C=O) groups excluding carboxylic acids is 3. The molecule has 0 radical (unpaired) electrons. The van der Waals surface area contributed by atoms with Crippen LogP contribution in [0, 0.1) is 11.8 Å². The van der Waals surface area contributed by atoms with Crippen molar-refractivity contribution in [2.45, 2.75) is 167 Å². The summed E-state index contributed by atoms with van der Waals surface area (Å²) in [4.78, 5) is 47.5. The maximum absolute atomic E-state index is 12.6. The van der Waals surface area contributed by atoms with Crippen molar-refractivity contribution < 1.29 is 52.6 Å². The number of unbranched alkanes of at least 4 members (excludes halogenated alkanes) is 10. The average Bonchev–Trinajstić information content (AvgIpc) is 3.44. The van der Waals surface area contributed by atoms with E-state index < -0.39 is 50.6 Å². The SMILES string of the molecule is CCCCC/C=C\C/C=C\C/C=C\CCCCC(=O)O[C@H](COC(=O)CCCCCC[C@H]1[C@@H](O)CC(=O)[C@@H]1/C=C/[C@@H](O)CCCCC)COP(=O)(O)OCCN. The van der Waals surface area contributed by atoms with Crippen molar-refractivity contribution in [1.29, 1.82) is 0 Å². The van der Waals surface area contributed by atoms with Gasteiger partial charge in [0.15, 0.2) is 6.10 Å². The number of hydrogen-bond donors (Lipinski definition) is 4. The number of ether oxygens (including phenoxy) is 2. The van der Waals surface area contributed by atoms with Crippen molar-refractivity contribution in [3.05, 3.63) is 48.6 Å². The second kappa shape index (κ2) is 33.5. The number of aliphatic hydroxyl groups excluding tert-OH is 2. The second-order valence-corrected chi connectivity index (χ2v) is 16.1. The fourth-order valence-electron chi connectivity index (χ4n) is 6.37. The van der Waals surface area contributed by atoms with Gasteiger partial charge in [0.05, 0.1) is 25.4 Å². The number of rotatable bonds is 35. The normalized spacial score (nSPS) is 19.8. The molecule has 1 unspecified atom stereocenters. The van der Waals surface area contributed by atoms with Gasteiger partial charge in [0, 0.05) is 31.7 Å². The predicted octanol–water partition coefficient (Wildman–Crippen LogP) is 8.53. The molecule has 1 fully saturated rings. The van der Waals surface area contributed by atoms with Crippen LogP contribution in [-0.4, -0.2) is 77.5 Å². The molecule has 0 aromatic rings. The van der Waals surface area contributed by atoms with Crippen LogP contribution in [-0.2, 0) is 37.5 Å². The Balaban J connectivity index is 2.42. The van der Waals surface area contributed by atoms with Gasteiger partial charge in [-0.05, 0) is 70.1 Å². The molecule has 322 valence electrons. The first kappa shape index (κ1) is 51.6. The van der Waals surface area contributed by atoms with E-state index in [0.29, 0.717) is 25.7 Å². The highest BCUT2D eigenvalue weighted by Crippen LogP contribution is 2.43. The van der Waals surface area contributed by atoms with Gasteiger partial charge in [-0.1, -0.05) is 114 Å². The molecule has 5 N–H and O–H groups in total. The Morgan fingerprint density at radius 2 is 1.43 bits per heavy atom. The average molecular weight is 812 g/mol. The molecule has 12 nitrogen and oxygen atoms in total. The summed E-state index contributed by atoms with van der Waals surface area (Å²) in [6.07, 6.45) is 30.5. The molecule has 0 bridgehead atoms. The molecule has 1 saturated carbocycles. The molecular formula is C43H74NO11P. The van der Waals surface area contributed by atoms with Crippen LogP contribution in [0.1, 0.15) is 149 Å². The lowest BCUT2D eigenvalue weighted by Crippen LogP contribution is -2.29. The van der Waals surface area contributed by atoms with Crippen LogP contribution in [0.15, 0.2) is 48.6 Å². The molecule has 0 heterocycles. The van der Waals surface area contributed by atoms with Gasteiger partial charge in [0.1, 0.15) is 12.4 Å². The zero-order valence-electron chi connectivity index (χ0n) is 34.3. The van der Waals surface area contributed by atoms with E-state index in [1.165, 1.54) is 19.3 Å². The Bertz CT molecular complexity index is 1220. The third-order valence-corrected chi connectivity index (χ3v) is 10.6. The van der Waals surface area contributed by atoms with Crippen LogP contribution in [0.4, 0.5) is 0 Å². The number of Topliss-reactive ketones (excluding diaryl/α,β-unsaturated/α-hetero) is 1. The van der Waals surface area contributed by atoms with Gasteiger partial charge in [0.2, 0.25) is 0 Å². The van der Waals surface area contributed by atoms with E-state index in [1.54, 1.807) is 12.2 Å². The third-order valence-electron chi connectivity index (χ3n) is 9.59. The van der Waals surface area contributed by atoms with Crippen LogP contribution < -0.4 is 5.73 Å². The van der Waals surface area contributed by atoms with Gasteiger partial charge in [-0.2, -0.15) is 0 Å². The van der Waals surface area contributed by atoms with E-state index in [2.05, 4.69) is 50.3 Å². The van der Waals surface area contributed by atoms with Crippen LogP contribution >= 0.6 is 7.82 Å². The summed E-state index contributed by atoms with van der Waals surface area (Å²) in [6, 6.07) is 0. The summed E-state index contributed by atoms with van der Waals surface area (Å²) in [5, 5.41) is 20.7. The lowest BCUT2D eigenvalue weighted by molar-refractivity contribution is -0.161.